The molecule has 16 heavy (non-hydrogen) atoms. The number of hydrogen-bond donors (Lipinski definition) is 1. The average molecular weight is 215 g/mol. The molecule has 2 N–H and O–H groups in total. The highest BCUT2D eigenvalue weighted by Gasteiger charge is 2.25. The van der Waals surface area contributed by atoms with E-state index in [0.717, 1.165) is 0 Å². The molecule has 0 bridgehead atoms. The molecule has 1 aliphatic carbocycles. The molecule has 1 aromatic heterocycles. The van der Waals surface area contributed by atoms with Crippen molar-refractivity contribution in [3.8, 4) is 0 Å². The van der Waals surface area contributed by atoms with Gasteiger partial charge in [-0.05, 0) is 18.4 Å². The quantitative estimate of drug-likeness (QED) is 0.835. The lowest BCUT2D eigenvalue weighted by atomic mass is 9.82. The lowest BCUT2D eigenvalue weighted by Crippen LogP contribution is -2.09. The maximum absolute atomic E-state index is 5.78. The Morgan fingerprint density at radius 3 is 2.88 bits per heavy atom. The number of hydrogen-bond acceptors (Lipinski definition) is 2. The van der Waals surface area contributed by atoms with E-state index in [9.17, 15) is 0 Å². The van der Waals surface area contributed by atoms with Crippen LogP contribution >= 0.6 is 0 Å². The van der Waals surface area contributed by atoms with Crippen LogP contribution < -0.4 is 5.73 Å². The van der Waals surface area contributed by atoms with E-state index in [-0.39, 0.29) is 0 Å². The second kappa shape index (κ2) is 3.59. The van der Waals surface area contributed by atoms with Crippen LogP contribution in [0.3, 0.4) is 0 Å². The van der Waals surface area contributed by atoms with Crippen molar-refractivity contribution in [3.63, 3.8) is 0 Å². The van der Waals surface area contributed by atoms with Crippen molar-refractivity contribution in [2.75, 3.05) is 0 Å². The molecule has 0 aliphatic heterocycles. The molecule has 0 unspecified atom stereocenters. The van der Waals surface area contributed by atoms with Crippen LogP contribution in [0.15, 0.2) is 18.2 Å². The Bertz CT molecular complexity index is 523. The van der Waals surface area contributed by atoms with Gasteiger partial charge in [-0.1, -0.05) is 24.6 Å². The molecule has 3 nitrogen and oxygen atoms in total. The predicted molar refractivity (Wildman–Crippen MR) is 65.2 cm³/mol. The van der Waals surface area contributed by atoms with Crippen molar-refractivity contribution in [1.82, 2.24) is 9.78 Å². The number of fused-ring (bicyclic) bond motifs is 1. The van der Waals surface area contributed by atoms with Gasteiger partial charge in [0.2, 0.25) is 0 Å². The second-order valence-electron chi connectivity index (χ2n) is 4.65. The third-order valence-electron chi connectivity index (χ3n) is 3.69. The zero-order chi connectivity index (χ0) is 11.1. The van der Waals surface area contributed by atoms with Gasteiger partial charge in [0.1, 0.15) is 0 Å². The lowest BCUT2D eigenvalue weighted by Gasteiger charge is -2.23. The van der Waals surface area contributed by atoms with Crippen molar-refractivity contribution in [2.24, 2.45) is 12.8 Å². The van der Waals surface area contributed by atoms with Gasteiger partial charge in [0, 0.05) is 24.9 Å². The van der Waals surface area contributed by atoms with Crippen LogP contribution in [0, 0.1) is 0 Å². The van der Waals surface area contributed by atoms with Crippen molar-refractivity contribution < 1.29 is 0 Å². The molecule has 1 aliphatic rings. The standard InChI is InChI=1S/C13H17N3/c1-16-13-10(8-14)6-3-7-11(13)12(15-16)9-4-2-5-9/h3,6-7,9H,2,4-5,8,14H2,1H3. The van der Waals surface area contributed by atoms with Gasteiger partial charge in [0.05, 0.1) is 11.2 Å². The average Bonchev–Trinajstić information content (AvgIpc) is 2.54. The van der Waals surface area contributed by atoms with Crippen molar-refractivity contribution in [1.29, 1.82) is 0 Å². The molecule has 1 fully saturated rings. The SMILES string of the molecule is Cn1nc(C2CCC2)c2cccc(CN)c21. The van der Waals surface area contributed by atoms with E-state index < -0.39 is 0 Å². The Morgan fingerprint density at radius 2 is 2.25 bits per heavy atom. The number of para-hydroxylation sites is 1. The van der Waals surface area contributed by atoms with Crippen LogP contribution in [-0.2, 0) is 13.6 Å². The minimum Gasteiger partial charge on any atom is -0.326 e. The molecule has 1 heterocycles. The zero-order valence-electron chi connectivity index (χ0n) is 9.61. The first-order valence-corrected chi connectivity index (χ1v) is 5.96. The maximum Gasteiger partial charge on any atom is 0.0734 e. The van der Waals surface area contributed by atoms with Gasteiger partial charge in [-0.3, -0.25) is 4.68 Å². The normalized spacial score (nSPS) is 16.6. The minimum atomic E-state index is 0.584. The smallest absolute Gasteiger partial charge is 0.0734 e. The fraction of sp³-hybridized carbons (Fsp3) is 0.462. The third-order valence-corrected chi connectivity index (χ3v) is 3.69. The zero-order valence-corrected chi connectivity index (χ0v) is 9.61. The second-order valence-corrected chi connectivity index (χ2v) is 4.65. The number of nitrogens with zero attached hydrogens (tertiary/aromatic N) is 2. The van der Waals surface area contributed by atoms with Gasteiger partial charge >= 0.3 is 0 Å². The summed E-state index contributed by atoms with van der Waals surface area (Å²) >= 11 is 0. The molecular formula is C13H17N3. The van der Waals surface area contributed by atoms with E-state index >= 15 is 0 Å². The Labute approximate surface area is 95.2 Å². The Morgan fingerprint density at radius 1 is 1.44 bits per heavy atom. The molecule has 1 saturated carbocycles. The monoisotopic (exact) mass is 215 g/mol. The molecule has 1 aromatic carbocycles. The molecule has 0 radical (unpaired) electrons. The van der Waals surface area contributed by atoms with Crippen LogP contribution in [0.2, 0.25) is 0 Å². The van der Waals surface area contributed by atoms with E-state index in [1.807, 2.05) is 11.7 Å². The number of rotatable bonds is 2. The predicted octanol–water partition coefficient (Wildman–Crippen LogP) is 2.30. The third kappa shape index (κ3) is 1.28. The summed E-state index contributed by atoms with van der Waals surface area (Å²) in [5, 5.41) is 5.98. The summed E-state index contributed by atoms with van der Waals surface area (Å²) in [5.41, 5.74) is 9.46. The molecule has 0 atom stereocenters. The summed E-state index contributed by atoms with van der Waals surface area (Å²) in [4.78, 5) is 0. The maximum atomic E-state index is 5.78. The summed E-state index contributed by atoms with van der Waals surface area (Å²) < 4.78 is 1.99. The van der Waals surface area contributed by atoms with Crippen LogP contribution in [0.1, 0.15) is 36.4 Å². The topological polar surface area (TPSA) is 43.8 Å². The Balaban J connectivity index is 2.24. The summed E-state index contributed by atoms with van der Waals surface area (Å²) in [6.07, 6.45) is 3.93. The van der Waals surface area contributed by atoms with Crippen molar-refractivity contribution in [3.05, 3.63) is 29.5 Å². The number of nitrogens with two attached hydrogens (primary N) is 1. The van der Waals surface area contributed by atoms with Crippen molar-refractivity contribution >= 4 is 10.9 Å². The van der Waals surface area contributed by atoms with E-state index in [1.165, 1.54) is 41.4 Å². The van der Waals surface area contributed by atoms with E-state index in [1.54, 1.807) is 0 Å². The number of aryl methyl sites for hydroxylation is 1. The Kier molecular flexibility index (Phi) is 2.21. The van der Waals surface area contributed by atoms with Crippen LogP contribution in [-0.4, -0.2) is 9.78 Å². The van der Waals surface area contributed by atoms with E-state index in [2.05, 4.69) is 23.3 Å². The highest BCUT2D eigenvalue weighted by Crippen LogP contribution is 2.39. The minimum absolute atomic E-state index is 0.584. The van der Waals surface area contributed by atoms with Gasteiger partial charge in [0.15, 0.2) is 0 Å². The largest absolute Gasteiger partial charge is 0.326 e. The summed E-state index contributed by atoms with van der Waals surface area (Å²) in [6.45, 7) is 0.584. The molecule has 0 spiro atoms. The van der Waals surface area contributed by atoms with Gasteiger partial charge in [-0.2, -0.15) is 5.10 Å². The van der Waals surface area contributed by atoms with E-state index in [0.29, 0.717) is 12.5 Å². The molecule has 3 heteroatoms. The van der Waals surface area contributed by atoms with Crippen LogP contribution in [0.4, 0.5) is 0 Å². The number of benzene rings is 1. The first-order valence-electron chi connectivity index (χ1n) is 5.96. The highest BCUT2D eigenvalue weighted by molar-refractivity contribution is 5.85. The summed E-state index contributed by atoms with van der Waals surface area (Å²) in [5.74, 6) is 0.678. The van der Waals surface area contributed by atoms with E-state index in [4.69, 9.17) is 5.73 Å². The summed E-state index contributed by atoms with van der Waals surface area (Å²) in [6, 6.07) is 6.36. The lowest BCUT2D eigenvalue weighted by molar-refractivity contribution is 0.410. The highest BCUT2D eigenvalue weighted by atomic mass is 15.3. The summed E-state index contributed by atoms with van der Waals surface area (Å²) in [7, 11) is 2.02. The fourth-order valence-electron chi connectivity index (χ4n) is 2.59. The molecule has 3 rings (SSSR count). The Hall–Kier alpha value is -1.35. The van der Waals surface area contributed by atoms with Crippen molar-refractivity contribution in [2.45, 2.75) is 31.7 Å². The molecule has 2 aromatic rings. The molecular weight excluding hydrogens is 198 g/mol. The first kappa shape index (κ1) is 9.85. The fourth-order valence-corrected chi connectivity index (χ4v) is 2.59. The molecule has 0 amide bonds. The first-order chi connectivity index (χ1) is 7.81. The van der Waals surface area contributed by atoms with Gasteiger partial charge in [0.25, 0.3) is 0 Å². The van der Waals surface area contributed by atoms with Gasteiger partial charge in [-0.25, -0.2) is 0 Å². The molecule has 84 valence electrons. The van der Waals surface area contributed by atoms with Crippen LogP contribution in [0.5, 0.6) is 0 Å². The number of aromatic nitrogens is 2. The van der Waals surface area contributed by atoms with Crippen LogP contribution in [0.25, 0.3) is 10.9 Å². The van der Waals surface area contributed by atoms with Gasteiger partial charge in [-0.15, -0.1) is 0 Å². The van der Waals surface area contributed by atoms with Gasteiger partial charge < -0.3 is 5.73 Å². The molecule has 0 saturated heterocycles.